The first kappa shape index (κ1) is 13.5. The van der Waals surface area contributed by atoms with Crippen molar-refractivity contribution in [3.05, 3.63) is 28.0 Å². The van der Waals surface area contributed by atoms with E-state index >= 15 is 0 Å². The highest BCUT2D eigenvalue weighted by atomic mass is 79.9. The van der Waals surface area contributed by atoms with E-state index in [1.807, 2.05) is 20.8 Å². The maximum absolute atomic E-state index is 13.2. The molecule has 0 saturated carbocycles. The van der Waals surface area contributed by atoms with Gasteiger partial charge in [0.1, 0.15) is 5.82 Å². The number of hydrogen-bond donors (Lipinski definition) is 1. The van der Waals surface area contributed by atoms with E-state index in [1.165, 1.54) is 6.07 Å². The molecule has 0 aliphatic heterocycles. The lowest BCUT2D eigenvalue weighted by Gasteiger charge is -2.17. The third kappa shape index (κ3) is 3.76. The summed E-state index contributed by atoms with van der Waals surface area (Å²) in [5.41, 5.74) is 1.82. The molecule has 1 aromatic carbocycles. The number of anilines is 1. The lowest BCUT2D eigenvalue weighted by atomic mass is 10.2. The van der Waals surface area contributed by atoms with Crippen molar-refractivity contribution >= 4 is 21.6 Å². The Morgan fingerprint density at radius 2 is 2.19 bits per heavy atom. The fourth-order valence-corrected chi connectivity index (χ4v) is 1.75. The molecule has 2 nitrogen and oxygen atoms in total. The molecule has 0 saturated heterocycles. The van der Waals surface area contributed by atoms with Crippen LogP contribution in [0.4, 0.5) is 10.1 Å². The molecule has 0 aromatic heterocycles. The van der Waals surface area contributed by atoms with E-state index in [0.29, 0.717) is 17.7 Å². The first-order valence-electron chi connectivity index (χ1n) is 5.34. The molecule has 1 rings (SSSR count). The molecule has 1 aromatic rings. The normalized spacial score (nSPS) is 12.6. The number of aryl methyl sites for hydroxylation is 1. The van der Waals surface area contributed by atoms with Crippen molar-refractivity contribution < 1.29 is 9.13 Å². The predicted octanol–water partition coefficient (Wildman–Crippen LogP) is 3.73. The summed E-state index contributed by atoms with van der Waals surface area (Å²) in [4.78, 5) is 0. The smallest absolute Gasteiger partial charge is 0.137 e. The molecule has 1 N–H and O–H groups in total. The van der Waals surface area contributed by atoms with Gasteiger partial charge in [-0.3, -0.25) is 0 Å². The van der Waals surface area contributed by atoms with Gasteiger partial charge in [0.2, 0.25) is 0 Å². The summed E-state index contributed by atoms with van der Waals surface area (Å²) in [6, 6.07) is 3.48. The standard InChI is InChI=1S/C12H17BrFNO/c1-4-16-7-9(3)15-12-6-10(13)11(14)5-8(12)2/h5-6,9,15H,4,7H2,1-3H3. The first-order valence-corrected chi connectivity index (χ1v) is 6.13. The predicted molar refractivity (Wildman–Crippen MR) is 68.4 cm³/mol. The van der Waals surface area contributed by atoms with E-state index in [2.05, 4.69) is 21.2 Å². The van der Waals surface area contributed by atoms with Crippen LogP contribution >= 0.6 is 15.9 Å². The molecule has 1 atom stereocenters. The van der Waals surface area contributed by atoms with Crippen molar-refractivity contribution in [3.8, 4) is 0 Å². The minimum atomic E-state index is -0.236. The Labute approximate surface area is 104 Å². The fraction of sp³-hybridized carbons (Fsp3) is 0.500. The molecular formula is C12H17BrFNO. The van der Waals surface area contributed by atoms with Crippen molar-refractivity contribution in [2.24, 2.45) is 0 Å². The molecule has 4 heteroatoms. The van der Waals surface area contributed by atoms with Crippen molar-refractivity contribution in [1.29, 1.82) is 0 Å². The summed E-state index contributed by atoms with van der Waals surface area (Å²) >= 11 is 3.18. The van der Waals surface area contributed by atoms with Crippen LogP contribution in [0.25, 0.3) is 0 Å². The Balaban J connectivity index is 2.69. The van der Waals surface area contributed by atoms with E-state index < -0.39 is 0 Å². The second-order valence-corrected chi connectivity index (χ2v) is 4.64. The molecule has 0 bridgehead atoms. The zero-order valence-corrected chi connectivity index (χ0v) is 11.4. The van der Waals surface area contributed by atoms with Crippen LogP contribution in [-0.4, -0.2) is 19.3 Å². The third-order valence-electron chi connectivity index (χ3n) is 2.24. The van der Waals surface area contributed by atoms with E-state index in [-0.39, 0.29) is 11.9 Å². The van der Waals surface area contributed by atoms with Gasteiger partial charge in [-0.25, -0.2) is 4.39 Å². The Morgan fingerprint density at radius 1 is 1.50 bits per heavy atom. The van der Waals surface area contributed by atoms with Gasteiger partial charge >= 0.3 is 0 Å². The van der Waals surface area contributed by atoms with Crippen LogP contribution in [-0.2, 0) is 4.74 Å². The average Bonchev–Trinajstić information content (AvgIpc) is 2.23. The minimum absolute atomic E-state index is 0.205. The molecule has 16 heavy (non-hydrogen) atoms. The van der Waals surface area contributed by atoms with Crippen molar-refractivity contribution in [2.75, 3.05) is 18.5 Å². The molecular weight excluding hydrogens is 273 g/mol. The van der Waals surface area contributed by atoms with Gasteiger partial charge in [0.05, 0.1) is 11.1 Å². The summed E-state index contributed by atoms with van der Waals surface area (Å²) in [6.45, 7) is 7.23. The van der Waals surface area contributed by atoms with E-state index in [9.17, 15) is 4.39 Å². The Hall–Kier alpha value is -0.610. The lowest BCUT2D eigenvalue weighted by Crippen LogP contribution is -2.22. The van der Waals surface area contributed by atoms with Crippen LogP contribution in [0.5, 0.6) is 0 Å². The highest BCUT2D eigenvalue weighted by molar-refractivity contribution is 9.10. The zero-order valence-electron chi connectivity index (χ0n) is 9.81. The van der Waals surface area contributed by atoms with E-state index in [4.69, 9.17) is 4.74 Å². The van der Waals surface area contributed by atoms with E-state index in [0.717, 1.165) is 11.3 Å². The van der Waals surface area contributed by atoms with Crippen LogP contribution in [0, 0.1) is 12.7 Å². The largest absolute Gasteiger partial charge is 0.380 e. The fourth-order valence-electron chi connectivity index (χ4n) is 1.40. The van der Waals surface area contributed by atoms with Gasteiger partial charge in [-0.05, 0) is 54.4 Å². The minimum Gasteiger partial charge on any atom is -0.380 e. The van der Waals surface area contributed by atoms with Crippen molar-refractivity contribution in [1.82, 2.24) is 0 Å². The summed E-state index contributed by atoms with van der Waals surface area (Å²) in [7, 11) is 0. The molecule has 90 valence electrons. The van der Waals surface area contributed by atoms with Gasteiger partial charge in [-0.2, -0.15) is 0 Å². The number of ether oxygens (including phenoxy) is 1. The van der Waals surface area contributed by atoms with Gasteiger partial charge in [-0.15, -0.1) is 0 Å². The summed E-state index contributed by atoms with van der Waals surface area (Å²) in [6.07, 6.45) is 0. The third-order valence-corrected chi connectivity index (χ3v) is 2.85. The van der Waals surface area contributed by atoms with Crippen LogP contribution in [0.3, 0.4) is 0 Å². The molecule has 0 aliphatic carbocycles. The van der Waals surface area contributed by atoms with Crippen molar-refractivity contribution in [2.45, 2.75) is 26.8 Å². The molecule has 0 spiro atoms. The maximum Gasteiger partial charge on any atom is 0.137 e. The molecule has 0 fully saturated rings. The molecule has 0 heterocycles. The monoisotopic (exact) mass is 289 g/mol. The van der Waals surface area contributed by atoms with Crippen LogP contribution < -0.4 is 5.32 Å². The number of benzene rings is 1. The molecule has 0 amide bonds. The highest BCUT2D eigenvalue weighted by Crippen LogP contribution is 2.24. The van der Waals surface area contributed by atoms with Crippen molar-refractivity contribution in [3.63, 3.8) is 0 Å². The number of nitrogens with one attached hydrogen (secondary N) is 1. The van der Waals surface area contributed by atoms with Crippen LogP contribution in [0.1, 0.15) is 19.4 Å². The first-order chi connectivity index (χ1) is 7.54. The van der Waals surface area contributed by atoms with Gasteiger partial charge < -0.3 is 10.1 Å². The van der Waals surface area contributed by atoms with Gasteiger partial charge in [0, 0.05) is 18.3 Å². The summed E-state index contributed by atoms with van der Waals surface area (Å²) in [5, 5.41) is 3.29. The zero-order chi connectivity index (χ0) is 12.1. The number of hydrogen-bond acceptors (Lipinski definition) is 2. The Morgan fingerprint density at radius 3 is 2.81 bits per heavy atom. The van der Waals surface area contributed by atoms with Crippen LogP contribution in [0.2, 0.25) is 0 Å². The Kier molecular flexibility index (Phi) is 5.22. The maximum atomic E-state index is 13.2. The summed E-state index contributed by atoms with van der Waals surface area (Å²) in [5.74, 6) is -0.236. The average molecular weight is 290 g/mol. The molecule has 0 aliphatic rings. The molecule has 1 unspecified atom stereocenters. The van der Waals surface area contributed by atoms with Gasteiger partial charge in [0.25, 0.3) is 0 Å². The number of halogens is 2. The van der Waals surface area contributed by atoms with E-state index in [1.54, 1.807) is 6.07 Å². The topological polar surface area (TPSA) is 21.3 Å². The summed E-state index contributed by atoms with van der Waals surface area (Å²) < 4.78 is 19.0. The Bertz CT molecular complexity index is 357. The van der Waals surface area contributed by atoms with Gasteiger partial charge in [-0.1, -0.05) is 0 Å². The van der Waals surface area contributed by atoms with Gasteiger partial charge in [0.15, 0.2) is 0 Å². The second kappa shape index (κ2) is 6.21. The van der Waals surface area contributed by atoms with Crippen LogP contribution in [0.15, 0.2) is 16.6 Å². The molecule has 0 radical (unpaired) electrons. The quantitative estimate of drug-likeness (QED) is 0.892. The highest BCUT2D eigenvalue weighted by Gasteiger charge is 2.08. The number of rotatable bonds is 5. The second-order valence-electron chi connectivity index (χ2n) is 3.79. The SMILES string of the molecule is CCOCC(C)Nc1cc(Br)c(F)cc1C. The lowest BCUT2D eigenvalue weighted by molar-refractivity contribution is 0.141.